The molecule has 0 saturated carbocycles. The van der Waals surface area contributed by atoms with Crippen LogP contribution in [0.25, 0.3) is 0 Å². The molecule has 110 valence electrons. The van der Waals surface area contributed by atoms with Crippen LogP contribution in [-0.2, 0) is 4.74 Å². The maximum Gasteiger partial charge on any atom is 0.407 e. The van der Waals surface area contributed by atoms with Gasteiger partial charge in [-0.05, 0) is 20.8 Å². The zero-order chi connectivity index (χ0) is 15.1. The minimum absolute atomic E-state index is 0.0279. The van der Waals surface area contributed by atoms with Gasteiger partial charge in [-0.3, -0.25) is 20.2 Å². The van der Waals surface area contributed by atoms with Crippen LogP contribution in [0.5, 0.6) is 0 Å². The summed E-state index contributed by atoms with van der Waals surface area (Å²) in [5.74, 6) is 0. The van der Waals surface area contributed by atoms with E-state index in [0.717, 1.165) is 0 Å². The van der Waals surface area contributed by atoms with Crippen molar-refractivity contribution in [2.24, 2.45) is 0 Å². The lowest BCUT2D eigenvalue weighted by Crippen LogP contribution is -2.40. The monoisotopic (exact) mass is 277 g/mol. The highest BCUT2D eigenvalue weighted by atomic mass is 16.6. The summed E-state index contributed by atoms with van der Waals surface area (Å²) in [4.78, 5) is 31.0. The number of amides is 1. The van der Waals surface area contributed by atoms with E-state index < -0.39 is 27.6 Å². The molecule has 0 saturated heterocycles. The third kappa shape index (κ3) is 10.9. The molecule has 0 aliphatic heterocycles. The summed E-state index contributed by atoms with van der Waals surface area (Å²) in [6.45, 7) is 4.30. The van der Waals surface area contributed by atoms with Crippen LogP contribution in [0.3, 0.4) is 0 Å². The number of alkyl carbamates (subject to hydrolysis) is 1. The van der Waals surface area contributed by atoms with Gasteiger partial charge in [0.05, 0.1) is 0 Å². The largest absolute Gasteiger partial charge is 0.444 e. The van der Waals surface area contributed by atoms with Gasteiger partial charge in [0, 0.05) is 28.7 Å². The molecule has 9 nitrogen and oxygen atoms in total. The number of ether oxygens (including phenoxy) is 1. The fourth-order valence-electron chi connectivity index (χ4n) is 1.29. The smallest absolute Gasteiger partial charge is 0.407 e. The van der Waals surface area contributed by atoms with Crippen LogP contribution in [0.2, 0.25) is 0 Å². The van der Waals surface area contributed by atoms with Crippen LogP contribution >= 0.6 is 0 Å². The van der Waals surface area contributed by atoms with Crippen LogP contribution in [0, 0.1) is 20.2 Å². The number of hydrogen-bond acceptors (Lipinski definition) is 6. The van der Waals surface area contributed by atoms with E-state index in [1.165, 1.54) is 0 Å². The summed E-state index contributed by atoms with van der Waals surface area (Å²) in [6.07, 6.45) is -0.677. The molecule has 0 aromatic heterocycles. The van der Waals surface area contributed by atoms with Crippen molar-refractivity contribution in [2.75, 3.05) is 13.1 Å². The number of hydrogen-bond donors (Lipinski definition) is 1. The lowest BCUT2D eigenvalue weighted by Gasteiger charge is -2.22. The lowest BCUT2D eigenvalue weighted by molar-refractivity contribution is -0.486. The molecular formula is C10H19N3O6. The van der Waals surface area contributed by atoms with Crippen molar-refractivity contribution in [1.82, 2.24) is 5.32 Å². The maximum absolute atomic E-state index is 11.5. The average molecular weight is 277 g/mol. The predicted molar refractivity (Wildman–Crippen MR) is 66.1 cm³/mol. The van der Waals surface area contributed by atoms with Crippen LogP contribution in [-0.4, -0.2) is 40.7 Å². The SMILES string of the molecule is CC(C)(C)OC(=O)NC(CC[N+](=O)[O-])CC[N+](=O)[O-]. The van der Waals surface area contributed by atoms with Crippen molar-refractivity contribution in [3.63, 3.8) is 0 Å². The second-order valence-electron chi connectivity index (χ2n) is 5.03. The molecule has 9 heteroatoms. The fourth-order valence-corrected chi connectivity index (χ4v) is 1.29. The lowest BCUT2D eigenvalue weighted by atomic mass is 10.1. The van der Waals surface area contributed by atoms with Gasteiger partial charge in [0.1, 0.15) is 5.60 Å². The van der Waals surface area contributed by atoms with E-state index in [4.69, 9.17) is 4.74 Å². The molecule has 0 bridgehead atoms. The fraction of sp³-hybridized carbons (Fsp3) is 0.900. The van der Waals surface area contributed by atoms with Gasteiger partial charge in [-0.25, -0.2) is 4.79 Å². The first-order valence-corrected chi connectivity index (χ1v) is 5.83. The number of carbonyl (C=O) groups excluding carboxylic acids is 1. The Balaban J connectivity index is 4.34. The van der Waals surface area contributed by atoms with E-state index in [-0.39, 0.29) is 25.9 Å². The third-order valence-electron chi connectivity index (χ3n) is 2.04. The van der Waals surface area contributed by atoms with Gasteiger partial charge in [-0.2, -0.15) is 0 Å². The molecule has 0 rings (SSSR count). The Kier molecular flexibility index (Phi) is 6.73. The standard InChI is InChI=1S/C10H19N3O6/c1-10(2,3)19-9(14)11-8(4-6-12(15)16)5-7-13(17)18/h8H,4-7H2,1-3H3,(H,11,14). The molecule has 0 radical (unpaired) electrons. The summed E-state index contributed by atoms with van der Waals surface area (Å²) in [6, 6.07) is -0.648. The van der Waals surface area contributed by atoms with Crippen molar-refractivity contribution in [3.05, 3.63) is 20.2 Å². The molecule has 1 N–H and O–H groups in total. The topological polar surface area (TPSA) is 125 Å². The zero-order valence-corrected chi connectivity index (χ0v) is 11.2. The van der Waals surface area contributed by atoms with E-state index >= 15 is 0 Å². The first-order chi connectivity index (χ1) is 8.60. The predicted octanol–water partition coefficient (Wildman–Crippen LogP) is 1.21. The van der Waals surface area contributed by atoms with E-state index in [1.54, 1.807) is 20.8 Å². The molecule has 0 aliphatic carbocycles. The molecule has 0 heterocycles. The summed E-state index contributed by atoms with van der Waals surface area (Å²) in [5.41, 5.74) is -0.694. The quantitative estimate of drug-likeness (QED) is 0.550. The summed E-state index contributed by atoms with van der Waals surface area (Å²) < 4.78 is 4.99. The molecule has 0 fully saturated rings. The van der Waals surface area contributed by atoms with Crippen molar-refractivity contribution < 1.29 is 19.4 Å². The van der Waals surface area contributed by atoms with Crippen molar-refractivity contribution in [1.29, 1.82) is 0 Å². The summed E-state index contributed by atoms with van der Waals surface area (Å²) >= 11 is 0. The zero-order valence-electron chi connectivity index (χ0n) is 11.2. The Morgan fingerprint density at radius 2 is 1.58 bits per heavy atom. The van der Waals surface area contributed by atoms with Gasteiger partial charge in [0.15, 0.2) is 0 Å². The molecule has 0 spiro atoms. The minimum Gasteiger partial charge on any atom is -0.444 e. The van der Waals surface area contributed by atoms with Gasteiger partial charge < -0.3 is 10.1 Å². The van der Waals surface area contributed by atoms with Gasteiger partial charge in [0.2, 0.25) is 13.1 Å². The Labute approximate surface area is 110 Å². The Morgan fingerprint density at radius 1 is 1.16 bits per heavy atom. The average Bonchev–Trinajstić information content (AvgIpc) is 2.18. The molecule has 0 aliphatic rings. The van der Waals surface area contributed by atoms with Crippen LogP contribution in [0.4, 0.5) is 4.79 Å². The number of nitrogens with one attached hydrogen (secondary N) is 1. The van der Waals surface area contributed by atoms with Crippen LogP contribution in [0.15, 0.2) is 0 Å². The molecule has 1 amide bonds. The summed E-state index contributed by atoms with van der Waals surface area (Å²) in [5, 5.41) is 23.0. The van der Waals surface area contributed by atoms with Crippen molar-refractivity contribution >= 4 is 6.09 Å². The van der Waals surface area contributed by atoms with Gasteiger partial charge in [0.25, 0.3) is 0 Å². The van der Waals surface area contributed by atoms with Crippen LogP contribution in [0.1, 0.15) is 33.6 Å². The van der Waals surface area contributed by atoms with E-state index in [1.807, 2.05) is 0 Å². The van der Waals surface area contributed by atoms with Crippen molar-refractivity contribution in [2.45, 2.75) is 45.3 Å². The number of nitrogens with zero attached hydrogens (tertiary/aromatic N) is 2. The molecule has 0 aromatic carbocycles. The van der Waals surface area contributed by atoms with Gasteiger partial charge in [-0.1, -0.05) is 0 Å². The Hall–Kier alpha value is -1.93. The normalized spacial score (nSPS) is 11.2. The highest BCUT2D eigenvalue weighted by Gasteiger charge is 2.21. The summed E-state index contributed by atoms with van der Waals surface area (Å²) in [7, 11) is 0. The maximum atomic E-state index is 11.5. The Bertz CT molecular complexity index is 321. The number of nitro groups is 2. The molecule has 19 heavy (non-hydrogen) atoms. The molecule has 0 aromatic rings. The van der Waals surface area contributed by atoms with E-state index in [0.29, 0.717) is 0 Å². The highest BCUT2D eigenvalue weighted by molar-refractivity contribution is 5.68. The van der Waals surface area contributed by atoms with Crippen LogP contribution < -0.4 is 5.32 Å². The number of rotatable bonds is 7. The molecular weight excluding hydrogens is 258 g/mol. The first-order valence-electron chi connectivity index (χ1n) is 5.83. The third-order valence-corrected chi connectivity index (χ3v) is 2.04. The van der Waals surface area contributed by atoms with Crippen molar-refractivity contribution in [3.8, 4) is 0 Å². The van der Waals surface area contributed by atoms with Gasteiger partial charge in [-0.15, -0.1) is 0 Å². The molecule has 0 atom stereocenters. The highest BCUT2D eigenvalue weighted by Crippen LogP contribution is 2.08. The second kappa shape index (κ2) is 7.49. The van der Waals surface area contributed by atoms with E-state index in [9.17, 15) is 25.0 Å². The van der Waals surface area contributed by atoms with Gasteiger partial charge >= 0.3 is 6.09 Å². The molecule has 0 unspecified atom stereocenters. The number of carbonyl (C=O) groups is 1. The minimum atomic E-state index is -0.732. The first kappa shape index (κ1) is 17.1. The second-order valence-corrected chi connectivity index (χ2v) is 5.03. The Morgan fingerprint density at radius 3 is 1.89 bits per heavy atom. The van der Waals surface area contributed by atoms with E-state index in [2.05, 4.69) is 5.32 Å².